The molecule has 0 aromatic heterocycles. The second-order valence-corrected chi connectivity index (χ2v) is 6.13. The molecule has 0 saturated heterocycles. The molecule has 1 aromatic rings. The quantitative estimate of drug-likeness (QED) is 0.816. The summed E-state index contributed by atoms with van der Waals surface area (Å²) in [5.74, 6) is -0.167. The Balaban J connectivity index is 1.84. The van der Waals surface area contributed by atoms with Gasteiger partial charge in [0.05, 0.1) is 0 Å². The van der Waals surface area contributed by atoms with Crippen LogP contribution in [0.25, 0.3) is 0 Å². The van der Waals surface area contributed by atoms with Crippen LogP contribution >= 0.6 is 0 Å². The first kappa shape index (κ1) is 17.9. The van der Waals surface area contributed by atoms with E-state index in [9.17, 15) is 14.4 Å². The van der Waals surface area contributed by atoms with Gasteiger partial charge in [-0.3, -0.25) is 14.4 Å². The largest absolute Gasteiger partial charge is 0.352 e. The summed E-state index contributed by atoms with van der Waals surface area (Å²) < 4.78 is 0. The summed E-state index contributed by atoms with van der Waals surface area (Å²) in [6.45, 7) is 5.57. The molecule has 0 atom stereocenters. The molecule has 1 aliphatic rings. The van der Waals surface area contributed by atoms with Crippen LogP contribution in [0.1, 0.15) is 45.6 Å². The molecule has 1 N–H and O–H groups in total. The minimum atomic E-state index is -0.0608. The van der Waals surface area contributed by atoms with E-state index < -0.39 is 0 Å². The molecule has 0 heterocycles. The summed E-state index contributed by atoms with van der Waals surface area (Å²) in [6, 6.07) is 9.71. The Bertz CT molecular complexity index is 727. The van der Waals surface area contributed by atoms with Crippen molar-refractivity contribution in [3.8, 4) is 0 Å². The van der Waals surface area contributed by atoms with E-state index >= 15 is 0 Å². The Kier molecular flexibility index (Phi) is 5.85. The number of carbonyl (C=O) groups is 3. The number of nitrogens with one attached hydrogen (secondary N) is 1. The molecule has 0 radical (unpaired) electrons. The Morgan fingerprint density at radius 2 is 1.54 bits per heavy atom. The van der Waals surface area contributed by atoms with Crippen molar-refractivity contribution in [1.82, 2.24) is 5.32 Å². The van der Waals surface area contributed by atoms with Crippen molar-refractivity contribution < 1.29 is 14.4 Å². The molecule has 1 aromatic carbocycles. The molecule has 4 heteroatoms. The highest BCUT2D eigenvalue weighted by Gasteiger charge is 2.27. The average Bonchev–Trinajstić information content (AvgIpc) is 2.60. The van der Waals surface area contributed by atoms with Crippen LogP contribution in [0.4, 0.5) is 0 Å². The maximum atomic E-state index is 12.3. The number of benzene rings is 1. The first-order chi connectivity index (χ1) is 11.4. The van der Waals surface area contributed by atoms with Crippen LogP contribution in [0, 0.1) is 0 Å². The highest BCUT2D eigenvalue weighted by Crippen LogP contribution is 2.27. The van der Waals surface area contributed by atoms with Crippen molar-refractivity contribution in [2.24, 2.45) is 0 Å². The number of ketones is 2. The number of allylic oxidation sites excluding steroid dienone is 4. The van der Waals surface area contributed by atoms with Crippen molar-refractivity contribution in [2.75, 3.05) is 0 Å². The Labute approximate surface area is 142 Å². The van der Waals surface area contributed by atoms with Gasteiger partial charge in [0.25, 0.3) is 0 Å². The summed E-state index contributed by atoms with van der Waals surface area (Å²) in [5, 5.41) is 2.87. The Hall–Kier alpha value is -2.49. The Morgan fingerprint density at radius 1 is 0.917 bits per heavy atom. The molecule has 126 valence electrons. The summed E-state index contributed by atoms with van der Waals surface area (Å²) in [7, 11) is 0. The van der Waals surface area contributed by atoms with Gasteiger partial charge in [0, 0.05) is 35.3 Å². The van der Waals surface area contributed by atoms with Crippen LogP contribution < -0.4 is 5.32 Å². The minimum absolute atomic E-state index is 0.0462. The fourth-order valence-corrected chi connectivity index (χ4v) is 2.77. The van der Waals surface area contributed by atoms with E-state index in [0.29, 0.717) is 48.1 Å². The van der Waals surface area contributed by atoms with Crippen molar-refractivity contribution in [2.45, 2.75) is 46.6 Å². The van der Waals surface area contributed by atoms with Crippen LogP contribution in [0.5, 0.6) is 0 Å². The lowest BCUT2D eigenvalue weighted by atomic mass is 9.84. The first-order valence-corrected chi connectivity index (χ1v) is 8.19. The van der Waals surface area contributed by atoms with Gasteiger partial charge in [-0.25, -0.2) is 0 Å². The van der Waals surface area contributed by atoms with Gasteiger partial charge in [0.1, 0.15) is 0 Å². The lowest BCUT2D eigenvalue weighted by molar-refractivity contribution is -0.121. The number of carbonyl (C=O) groups excluding carboxylic acids is 3. The van der Waals surface area contributed by atoms with E-state index in [4.69, 9.17) is 0 Å². The van der Waals surface area contributed by atoms with E-state index in [1.165, 1.54) is 0 Å². The monoisotopic (exact) mass is 325 g/mol. The fourth-order valence-electron chi connectivity index (χ4n) is 2.77. The van der Waals surface area contributed by atoms with Gasteiger partial charge >= 0.3 is 0 Å². The van der Waals surface area contributed by atoms with Crippen LogP contribution in [0.15, 0.2) is 52.6 Å². The van der Waals surface area contributed by atoms with Crippen molar-refractivity contribution in [3.63, 3.8) is 0 Å². The molecule has 0 aliphatic heterocycles. The molecule has 1 amide bonds. The number of Topliss-reactive ketones (excluding diaryl/α,β-unsaturated/α-hetero) is 2. The topological polar surface area (TPSA) is 63.2 Å². The predicted octanol–water partition coefficient (Wildman–Crippen LogP) is 3.28. The molecule has 4 nitrogen and oxygen atoms in total. The second-order valence-electron chi connectivity index (χ2n) is 6.13. The van der Waals surface area contributed by atoms with Crippen LogP contribution in [-0.2, 0) is 20.9 Å². The highest BCUT2D eigenvalue weighted by atomic mass is 16.2. The molecule has 0 bridgehead atoms. The van der Waals surface area contributed by atoms with Crippen LogP contribution in [0.2, 0.25) is 0 Å². The molecule has 0 fully saturated rings. The summed E-state index contributed by atoms with van der Waals surface area (Å²) in [6.07, 6.45) is 1.35. The molecule has 2 rings (SSSR count). The third kappa shape index (κ3) is 4.07. The van der Waals surface area contributed by atoms with E-state index in [1.54, 1.807) is 20.8 Å². The van der Waals surface area contributed by atoms with Crippen LogP contribution in [0.3, 0.4) is 0 Å². The van der Waals surface area contributed by atoms with E-state index in [-0.39, 0.29) is 17.5 Å². The van der Waals surface area contributed by atoms with Gasteiger partial charge in [0.15, 0.2) is 11.6 Å². The van der Waals surface area contributed by atoms with Gasteiger partial charge in [-0.1, -0.05) is 30.3 Å². The molecule has 0 spiro atoms. The Morgan fingerprint density at radius 3 is 2.21 bits per heavy atom. The SMILES string of the molecule is CC1=C(C)C(=O)C(CCCC(=O)NCc2ccccc2)=C(C)C1=O. The van der Waals surface area contributed by atoms with E-state index in [1.807, 2.05) is 30.3 Å². The average molecular weight is 325 g/mol. The number of rotatable bonds is 6. The summed E-state index contributed by atoms with van der Waals surface area (Å²) >= 11 is 0. The number of hydrogen-bond acceptors (Lipinski definition) is 3. The minimum Gasteiger partial charge on any atom is -0.352 e. The zero-order valence-electron chi connectivity index (χ0n) is 14.4. The van der Waals surface area contributed by atoms with Crippen LogP contribution in [-0.4, -0.2) is 17.5 Å². The van der Waals surface area contributed by atoms with Gasteiger partial charge in [-0.15, -0.1) is 0 Å². The third-order valence-corrected chi connectivity index (χ3v) is 4.47. The van der Waals surface area contributed by atoms with E-state index in [0.717, 1.165) is 5.56 Å². The zero-order valence-corrected chi connectivity index (χ0v) is 14.4. The summed E-state index contributed by atoms with van der Waals surface area (Å²) in [4.78, 5) is 36.3. The second kappa shape index (κ2) is 7.86. The van der Waals surface area contributed by atoms with Crippen molar-refractivity contribution >= 4 is 17.5 Å². The highest BCUT2D eigenvalue weighted by molar-refractivity contribution is 6.24. The van der Waals surface area contributed by atoms with Gasteiger partial charge in [-0.2, -0.15) is 0 Å². The normalized spacial score (nSPS) is 15.1. The smallest absolute Gasteiger partial charge is 0.220 e. The number of hydrogen-bond donors (Lipinski definition) is 1. The number of amides is 1. The van der Waals surface area contributed by atoms with Crippen molar-refractivity contribution in [3.05, 3.63) is 58.2 Å². The zero-order chi connectivity index (χ0) is 17.7. The fraction of sp³-hybridized carbons (Fsp3) is 0.350. The lowest BCUT2D eigenvalue weighted by Crippen LogP contribution is -2.23. The molecule has 0 unspecified atom stereocenters. The maximum Gasteiger partial charge on any atom is 0.220 e. The predicted molar refractivity (Wildman–Crippen MR) is 93.2 cm³/mol. The first-order valence-electron chi connectivity index (χ1n) is 8.19. The molecular formula is C20H23NO3. The third-order valence-electron chi connectivity index (χ3n) is 4.47. The molecule has 1 aliphatic carbocycles. The maximum absolute atomic E-state index is 12.3. The summed E-state index contributed by atoms with van der Waals surface area (Å²) in [5.41, 5.74) is 3.18. The van der Waals surface area contributed by atoms with Crippen molar-refractivity contribution in [1.29, 1.82) is 0 Å². The molecule has 0 saturated carbocycles. The van der Waals surface area contributed by atoms with E-state index in [2.05, 4.69) is 5.32 Å². The van der Waals surface area contributed by atoms with Gasteiger partial charge in [-0.05, 0) is 39.2 Å². The molecular weight excluding hydrogens is 302 g/mol. The van der Waals surface area contributed by atoms with Gasteiger partial charge < -0.3 is 5.32 Å². The van der Waals surface area contributed by atoms with Gasteiger partial charge in [0.2, 0.25) is 5.91 Å². The lowest BCUT2D eigenvalue weighted by Gasteiger charge is -2.18. The molecule has 24 heavy (non-hydrogen) atoms. The standard InChI is InChI=1S/C20H23NO3/c1-13-14(2)20(24)17(15(3)19(13)23)10-7-11-18(22)21-12-16-8-5-4-6-9-16/h4-6,8-9H,7,10-12H2,1-3H3,(H,21,22).